The van der Waals surface area contributed by atoms with Crippen LogP contribution in [0.4, 0.5) is 0 Å². The van der Waals surface area contributed by atoms with Crippen LogP contribution in [0.15, 0.2) is 57.8 Å². The number of rotatable bonds is 2. The maximum Gasteiger partial charge on any atom is 0.291 e. The molecule has 4 rings (SSSR count). The molecule has 4 nitrogen and oxygen atoms in total. The van der Waals surface area contributed by atoms with E-state index in [-0.39, 0.29) is 5.56 Å². The van der Waals surface area contributed by atoms with Gasteiger partial charge >= 0.3 is 0 Å². The Labute approximate surface area is 154 Å². The zero-order valence-corrected chi connectivity index (χ0v) is 15.3. The topological polar surface area (TPSA) is 47.3 Å². The standard InChI is InChI=1S/C17H9BrClN3OS/c18-12-7-5-10(6-8-12)15-20-17-22(21-15)16(23)14(24-17)9-11-3-1-2-4-13(11)19/h1-9H. The number of thiazole rings is 1. The molecule has 2 aromatic carbocycles. The van der Waals surface area contributed by atoms with Gasteiger partial charge in [0.15, 0.2) is 5.82 Å². The summed E-state index contributed by atoms with van der Waals surface area (Å²) in [5.74, 6) is 0.537. The Bertz CT molecular complexity index is 1150. The molecule has 0 amide bonds. The molecule has 24 heavy (non-hydrogen) atoms. The van der Waals surface area contributed by atoms with Gasteiger partial charge in [-0.15, -0.1) is 5.10 Å². The van der Waals surface area contributed by atoms with E-state index in [1.807, 2.05) is 42.5 Å². The lowest BCUT2D eigenvalue weighted by Crippen LogP contribution is -2.23. The van der Waals surface area contributed by atoms with Crippen LogP contribution >= 0.6 is 38.9 Å². The van der Waals surface area contributed by atoms with Gasteiger partial charge in [0.2, 0.25) is 4.96 Å². The second kappa shape index (κ2) is 6.12. The molecule has 0 aliphatic heterocycles. The molecule has 118 valence electrons. The van der Waals surface area contributed by atoms with Crippen molar-refractivity contribution in [2.24, 2.45) is 0 Å². The van der Waals surface area contributed by atoms with Crippen LogP contribution in [0.2, 0.25) is 5.02 Å². The molecule has 0 unspecified atom stereocenters. The minimum Gasteiger partial charge on any atom is -0.266 e. The Morgan fingerprint density at radius 1 is 1.12 bits per heavy atom. The molecule has 0 radical (unpaired) electrons. The zero-order valence-electron chi connectivity index (χ0n) is 12.1. The van der Waals surface area contributed by atoms with E-state index >= 15 is 0 Å². The predicted molar refractivity (Wildman–Crippen MR) is 101 cm³/mol. The summed E-state index contributed by atoms with van der Waals surface area (Å²) in [7, 11) is 0. The third kappa shape index (κ3) is 2.77. The minimum absolute atomic E-state index is 0.189. The fourth-order valence-electron chi connectivity index (χ4n) is 2.29. The van der Waals surface area contributed by atoms with E-state index in [1.54, 1.807) is 12.1 Å². The Morgan fingerprint density at radius 2 is 1.88 bits per heavy atom. The van der Waals surface area contributed by atoms with Gasteiger partial charge in [-0.2, -0.15) is 9.50 Å². The van der Waals surface area contributed by atoms with Gasteiger partial charge in [0, 0.05) is 15.1 Å². The molecule has 2 heterocycles. The molecule has 7 heteroatoms. The van der Waals surface area contributed by atoms with E-state index < -0.39 is 0 Å². The lowest BCUT2D eigenvalue weighted by Gasteiger charge is -1.94. The predicted octanol–water partition coefficient (Wildman–Crippen LogP) is 3.78. The Hall–Kier alpha value is -2.02. The second-order valence-corrected chi connectivity index (χ2v) is 7.41. The van der Waals surface area contributed by atoms with Crippen molar-refractivity contribution in [1.82, 2.24) is 14.6 Å². The fourth-order valence-corrected chi connectivity index (χ4v) is 3.64. The highest BCUT2D eigenvalue weighted by Gasteiger charge is 2.12. The van der Waals surface area contributed by atoms with E-state index in [9.17, 15) is 4.79 Å². The molecule has 0 aliphatic rings. The molecular weight excluding hydrogens is 410 g/mol. The van der Waals surface area contributed by atoms with Crippen LogP contribution in [-0.2, 0) is 0 Å². The first-order valence-corrected chi connectivity index (χ1v) is 9.02. The van der Waals surface area contributed by atoms with Crippen molar-refractivity contribution in [2.75, 3.05) is 0 Å². The Kier molecular flexibility index (Phi) is 3.96. The van der Waals surface area contributed by atoms with Crippen molar-refractivity contribution in [3.8, 4) is 11.4 Å². The average molecular weight is 419 g/mol. The van der Waals surface area contributed by atoms with Crippen molar-refractivity contribution in [1.29, 1.82) is 0 Å². The Balaban J connectivity index is 1.83. The number of aromatic nitrogens is 3. The van der Waals surface area contributed by atoms with E-state index in [4.69, 9.17) is 11.6 Å². The van der Waals surface area contributed by atoms with Crippen LogP contribution in [0.25, 0.3) is 22.4 Å². The third-order valence-electron chi connectivity index (χ3n) is 3.48. The van der Waals surface area contributed by atoms with E-state index in [0.717, 1.165) is 15.6 Å². The van der Waals surface area contributed by atoms with Gasteiger partial charge in [-0.1, -0.05) is 69.2 Å². The van der Waals surface area contributed by atoms with Crippen LogP contribution in [0.5, 0.6) is 0 Å². The number of halogens is 2. The molecule has 0 fully saturated rings. The second-order valence-electron chi connectivity index (χ2n) is 5.07. The number of nitrogens with zero attached hydrogens (tertiary/aromatic N) is 3. The molecular formula is C17H9BrClN3OS. The number of fused-ring (bicyclic) bond motifs is 1. The molecule has 0 N–H and O–H groups in total. The van der Waals surface area contributed by atoms with Crippen molar-refractivity contribution in [3.05, 3.63) is 78.5 Å². The molecule has 0 bridgehead atoms. The third-order valence-corrected chi connectivity index (χ3v) is 5.31. The number of benzene rings is 2. The average Bonchev–Trinajstić information content (AvgIpc) is 3.11. The summed E-state index contributed by atoms with van der Waals surface area (Å²) in [6.07, 6.45) is 1.77. The highest BCUT2D eigenvalue weighted by molar-refractivity contribution is 9.10. The van der Waals surface area contributed by atoms with Gasteiger partial charge in [0.25, 0.3) is 5.56 Å². The molecule has 0 aliphatic carbocycles. The monoisotopic (exact) mass is 417 g/mol. The zero-order chi connectivity index (χ0) is 16.7. The van der Waals surface area contributed by atoms with Gasteiger partial charge in [0.05, 0.1) is 4.53 Å². The van der Waals surface area contributed by atoms with Crippen LogP contribution in [0.1, 0.15) is 5.56 Å². The summed E-state index contributed by atoms with van der Waals surface area (Å²) in [5, 5.41) is 4.94. The summed E-state index contributed by atoms with van der Waals surface area (Å²) < 4.78 is 2.87. The van der Waals surface area contributed by atoms with Crippen molar-refractivity contribution < 1.29 is 0 Å². The maximum absolute atomic E-state index is 12.5. The first-order valence-electron chi connectivity index (χ1n) is 7.03. The van der Waals surface area contributed by atoms with E-state index in [0.29, 0.717) is 20.3 Å². The van der Waals surface area contributed by atoms with Crippen LogP contribution < -0.4 is 10.1 Å². The fraction of sp³-hybridized carbons (Fsp3) is 0. The molecule has 0 spiro atoms. The highest BCUT2D eigenvalue weighted by Crippen LogP contribution is 2.20. The van der Waals surface area contributed by atoms with Crippen molar-refractivity contribution in [3.63, 3.8) is 0 Å². The van der Waals surface area contributed by atoms with Gasteiger partial charge in [-0.05, 0) is 29.8 Å². The summed E-state index contributed by atoms with van der Waals surface area (Å²) in [4.78, 5) is 17.6. The summed E-state index contributed by atoms with van der Waals surface area (Å²) >= 11 is 10.8. The molecule has 4 aromatic rings. The molecule has 0 saturated heterocycles. The first kappa shape index (κ1) is 15.5. The van der Waals surface area contributed by atoms with Gasteiger partial charge in [0.1, 0.15) is 0 Å². The van der Waals surface area contributed by atoms with Crippen molar-refractivity contribution in [2.45, 2.75) is 0 Å². The largest absolute Gasteiger partial charge is 0.291 e. The highest BCUT2D eigenvalue weighted by atomic mass is 79.9. The smallest absolute Gasteiger partial charge is 0.266 e. The molecule has 0 atom stereocenters. The lowest BCUT2D eigenvalue weighted by atomic mass is 10.2. The summed E-state index contributed by atoms with van der Waals surface area (Å²) in [5.41, 5.74) is 1.48. The van der Waals surface area contributed by atoms with Gasteiger partial charge in [-0.25, -0.2) is 0 Å². The van der Waals surface area contributed by atoms with Gasteiger partial charge in [-0.3, -0.25) is 4.79 Å². The maximum atomic E-state index is 12.5. The summed E-state index contributed by atoms with van der Waals surface area (Å²) in [6, 6.07) is 15.0. The minimum atomic E-state index is -0.189. The van der Waals surface area contributed by atoms with Crippen LogP contribution in [-0.4, -0.2) is 14.6 Å². The van der Waals surface area contributed by atoms with E-state index in [2.05, 4.69) is 26.0 Å². The summed E-state index contributed by atoms with van der Waals surface area (Å²) in [6.45, 7) is 0. The normalized spacial score (nSPS) is 12.2. The first-order chi connectivity index (χ1) is 11.6. The SMILES string of the molecule is O=c1c(=Cc2ccccc2Cl)sc2nc(-c3ccc(Br)cc3)nn12. The molecule has 0 saturated carbocycles. The van der Waals surface area contributed by atoms with Gasteiger partial charge < -0.3 is 0 Å². The quantitative estimate of drug-likeness (QED) is 0.498. The van der Waals surface area contributed by atoms with Crippen LogP contribution in [0.3, 0.4) is 0 Å². The Morgan fingerprint density at radius 3 is 2.58 bits per heavy atom. The van der Waals surface area contributed by atoms with E-state index in [1.165, 1.54) is 15.9 Å². The number of hydrogen-bond donors (Lipinski definition) is 0. The lowest BCUT2D eigenvalue weighted by molar-refractivity contribution is 0.937. The molecule has 2 aromatic heterocycles. The van der Waals surface area contributed by atoms with Crippen molar-refractivity contribution >= 4 is 49.9 Å². The van der Waals surface area contributed by atoms with Crippen LogP contribution in [0, 0.1) is 0 Å². The number of hydrogen-bond acceptors (Lipinski definition) is 4.